The number of aryl methyl sites for hydroxylation is 1. The lowest BCUT2D eigenvalue weighted by molar-refractivity contribution is 0.589. The van der Waals surface area contributed by atoms with Gasteiger partial charge in [0.2, 0.25) is 0 Å². The van der Waals surface area contributed by atoms with E-state index >= 15 is 0 Å². The van der Waals surface area contributed by atoms with Gasteiger partial charge >= 0.3 is 0 Å². The van der Waals surface area contributed by atoms with E-state index in [2.05, 4.69) is 104 Å². The third-order valence-electron chi connectivity index (χ3n) is 5.22. The summed E-state index contributed by atoms with van der Waals surface area (Å²) < 4.78 is 0. The van der Waals surface area contributed by atoms with Gasteiger partial charge in [0, 0.05) is 0 Å². The Hall–Kier alpha value is -1.56. The Morgan fingerprint density at radius 3 is 1.36 bits per heavy atom. The summed E-state index contributed by atoms with van der Waals surface area (Å²) in [5.74, 6) is 1.39. The van der Waals surface area contributed by atoms with Crippen molar-refractivity contribution in [3.8, 4) is 0 Å². The lowest BCUT2D eigenvalue weighted by Gasteiger charge is -2.20. The van der Waals surface area contributed by atoms with Crippen LogP contribution < -0.4 is 0 Å². The second kappa shape index (κ2) is 9.80. The first-order valence-corrected chi connectivity index (χ1v) is 9.86. The fraction of sp³-hybridized carbons (Fsp3) is 0.520. The number of benzene rings is 2. The summed E-state index contributed by atoms with van der Waals surface area (Å²) >= 11 is 0. The quantitative estimate of drug-likeness (QED) is 0.529. The Kier molecular flexibility index (Phi) is 8.42. The summed E-state index contributed by atoms with van der Waals surface area (Å²) in [5.41, 5.74) is 5.95. The van der Waals surface area contributed by atoms with Crippen LogP contribution in [0.2, 0.25) is 0 Å². The van der Waals surface area contributed by atoms with Gasteiger partial charge in [0.25, 0.3) is 0 Å². The van der Waals surface area contributed by atoms with E-state index in [0.29, 0.717) is 11.8 Å². The highest BCUT2D eigenvalue weighted by atomic mass is 14.2. The molecular weight excluding hydrogens is 300 g/mol. The van der Waals surface area contributed by atoms with Crippen LogP contribution in [0.1, 0.15) is 95.4 Å². The van der Waals surface area contributed by atoms with E-state index in [1.165, 1.54) is 35.1 Å². The molecule has 138 valence electrons. The number of rotatable bonds is 4. The molecule has 0 radical (unpaired) electrons. The maximum absolute atomic E-state index is 2.28. The van der Waals surface area contributed by atoms with Crippen molar-refractivity contribution in [2.45, 2.75) is 85.5 Å². The smallest absolute Gasteiger partial charge is 0.0132 e. The fourth-order valence-electron chi connectivity index (χ4n) is 2.68. The van der Waals surface area contributed by atoms with Gasteiger partial charge in [-0.05, 0) is 53.7 Å². The predicted octanol–water partition coefficient (Wildman–Crippen LogP) is 8.01. The molecule has 0 N–H and O–H groups in total. The van der Waals surface area contributed by atoms with Crippen molar-refractivity contribution in [2.75, 3.05) is 0 Å². The van der Waals surface area contributed by atoms with E-state index in [1.807, 2.05) is 0 Å². The second-order valence-electron chi connectivity index (χ2n) is 8.40. The largest absolute Gasteiger partial charge is 0.0648 e. The minimum Gasteiger partial charge on any atom is -0.0648 e. The van der Waals surface area contributed by atoms with E-state index in [-0.39, 0.29) is 5.41 Å². The summed E-state index contributed by atoms with van der Waals surface area (Å²) in [5, 5.41) is 0. The van der Waals surface area contributed by atoms with Crippen LogP contribution in [0.4, 0.5) is 0 Å². The average molecular weight is 339 g/mol. The fourth-order valence-corrected chi connectivity index (χ4v) is 2.68. The molecule has 0 spiro atoms. The molecule has 0 nitrogen and oxygen atoms in total. The van der Waals surface area contributed by atoms with E-state index < -0.39 is 0 Å². The molecule has 0 aliphatic heterocycles. The molecule has 0 heteroatoms. The standard InChI is InChI=1S/C14H22.C11H16/c1-6-11(2)12-7-9-13(10-8-12)14(3,4)5;1-4-10(3)11-7-5-9(2)6-8-11/h7-11H,6H2,1-5H3;5-8,10H,4H2,1-3H3. The highest BCUT2D eigenvalue weighted by Crippen LogP contribution is 2.25. The number of hydrogen-bond acceptors (Lipinski definition) is 0. The molecule has 0 saturated heterocycles. The Morgan fingerprint density at radius 1 is 0.680 bits per heavy atom. The highest BCUT2D eigenvalue weighted by Gasteiger charge is 2.13. The molecule has 2 unspecified atom stereocenters. The monoisotopic (exact) mass is 338 g/mol. The van der Waals surface area contributed by atoms with E-state index in [9.17, 15) is 0 Å². The van der Waals surface area contributed by atoms with Crippen LogP contribution in [0.5, 0.6) is 0 Å². The zero-order valence-corrected chi connectivity index (χ0v) is 17.7. The molecule has 0 aliphatic carbocycles. The van der Waals surface area contributed by atoms with E-state index in [1.54, 1.807) is 0 Å². The Morgan fingerprint density at radius 2 is 1.04 bits per heavy atom. The molecule has 2 aromatic rings. The maximum Gasteiger partial charge on any atom is -0.0132 e. The molecule has 0 heterocycles. The van der Waals surface area contributed by atoms with Crippen LogP contribution >= 0.6 is 0 Å². The van der Waals surface area contributed by atoms with Crippen LogP contribution in [0.15, 0.2) is 48.5 Å². The van der Waals surface area contributed by atoms with Crippen molar-refractivity contribution < 1.29 is 0 Å². The van der Waals surface area contributed by atoms with Crippen molar-refractivity contribution in [1.82, 2.24) is 0 Å². The van der Waals surface area contributed by atoms with Crippen molar-refractivity contribution in [3.63, 3.8) is 0 Å². The molecule has 0 aromatic heterocycles. The minimum absolute atomic E-state index is 0.272. The average Bonchev–Trinajstić information content (AvgIpc) is 2.61. The molecule has 0 bridgehead atoms. The lowest BCUT2D eigenvalue weighted by atomic mass is 9.85. The molecular formula is C25H38. The van der Waals surface area contributed by atoms with Crippen LogP contribution in [0, 0.1) is 6.92 Å². The summed E-state index contributed by atoms with van der Waals surface area (Å²) in [6, 6.07) is 17.9. The van der Waals surface area contributed by atoms with Gasteiger partial charge in [-0.2, -0.15) is 0 Å². The summed E-state index contributed by atoms with van der Waals surface area (Å²) in [6.07, 6.45) is 2.44. The summed E-state index contributed by atoms with van der Waals surface area (Å²) in [4.78, 5) is 0. The maximum atomic E-state index is 2.28. The summed E-state index contributed by atoms with van der Waals surface area (Å²) in [6.45, 7) is 17.9. The van der Waals surface area contributed by atoms with Gasteiger partial charge in [0.05, 0.1) is 0 Å². The topological polar surface area (TPSA) is 0 Å². The molecule has 0 saturated carbocycles. The SMILES string of the molecule is CCC(C)c1ccc(C(C)(C)C)cc1.CCC(C)c1ccc(C)cc1. The van der Waals surface area contributed by atoms with Crippen molar-refractivity contribution in [2.24, 2.45) is 0 Å². The first-order valence-electron chi connectivity index (χ1n) is 9.86. The van der Waals surface area contributed by atoms with Gasteiger partial charge in [-0.15, -0.1) is 0 Å². The third kappa shape index (κ3) is 7.06. The van der Waals surface area contributed by atoms with Gasteiger partial charge in [0.1, 0.15) is 0 Å². The Balaban J connectivity index is 0.000000257. The zero-order valence-electron chi connectivity index (χ0n) is 17.7. The van der Waals surface area contributed by atoms with Crippen molar-refractivity contribution >= 4 is 0 Å². The first kappa shape index (κ1) is 21.5. The van der Waals surface area contributed by atoms with Gasteiger partial charge in [-0.1, -0.05) is 103 Å². The van der Waals surface area contributed by atoms with Gasteiger partial charge in [-0.25, -0.2) is 0 Å². The van der Waals surface area contributed by atoms with Gasteiger partial charge in [0.15, 0.2) is 0 Å². The number of hydrogen-bond donors (Lipinski definition) is 0. The van der Waals surface area contributed by atoms with E-state index in [4.69, 9.17) is 0 Å². The second-order valence-corrected chi connectivity index (χ2v) is 8.40. The predicted molar refractivity (Wildman–Crippen MR) is 114 cm³/mol. The summed E-state index contributed by atoms with van der Waals surface area (Å²) in [7, 11) is 0. The molecule has 0 amide bonds. The molecule has 2 aromatic carbocycles. The lowest BCUT2D eigenvalue weighted by Crippen LogP contribution is -2.10. The van der Waals surface area contributed by atoms with E-state index in [0.717, 1.165) is 0 Å². The van der Waals surface area contributed by atoms with Crippen LogP contribution in [-0.2, 0) is 5.41 Å². The van der Waals surface area contributed by atoms with Crippen LogP contribution in [0.3, 0.4) is 0 Å². The highest BCUT2D eigenvalue weighted by molar-refractivity contribution is 5.29. The molecule has 0 fully saturated rings. The third-order valence-corrected chi connectivity index (χ3v) is 5.22. The molecule has 25 heavy (non-hydrogen) atoms. The molecule has 2 atom stereocenters. The zero-order chi connectivity index (χ0) is 19.0. The minimum atomic E-state index is 0.272. The van der Waals surface area contributed by atoms with Crippen LogP contribution in [0.25, 0.3) is 0 Å². The van der Waals surface area contributed by atoms with Gasteiger partial charge in [-0.3, -0.25) is 0 Å². The Bertz CT molecular complexity index is 596. The van der Waals surface area contributed by atoms with Crippen LogP contribution in [-0.4, -0.2) is 0 Å². The normalized spacial score (nSPS) is 13.6. The van der Waals surface area contributed by atoms with Crippen molar-refractivity contribution in [1.29, 1.82) is 0 Å². The Labute approximate surface area is 156 Å². The van der Waals surface area contributed by atoms with Gasteiger partial charge < -0.3 is 0 Å². The first-order chi connectivity index (χ1) is 11.7. The molecule has 2 rings (SSSR count). The molecule has 0 aliphatic rings. The van der Waals surface area contributed by atoms with Crippen molar-refractivity contribution in [3.05, 3.63) is 70.8 Å².